The molecule has 2 aromatic rings. The summed E-state index contributed by atoms with van der Waals surface area (Å²) in [5.41, 5.74) is 3.16. The number of carbonyl (C=O) groups is 1. The predicted octanol–water partition coefficient (Wildman–Crippen LogP) is 3.78. The standard InChI is InChI=1S/C21H25NO4S/c1-14-5-11-27-19(14)20(23)22-8-6-21(7-9-22)16-13-18(25-3)17(24-2)12-15(16)4-10-26-21/h5,11-13H,4,6-10H2,1-3H3. The number of nitrogens with zero attached hydrogens (tertiary/aromatic N) is 1. The number of carbonyl (C=O) groups excluding carboxylic acids is 1. The van der Waals surface area contributed by atoms with E-state index in [-0.39, 0.29) is 11.5 Å². The van der Waals surface area contributed by atoms with E-state index >= 15 is 0 Å². The summed E-state index contributed by atoms with van der Waals surface area (Å²) in [6.45, 7) is 4.09. The normalized spacial score (nSPS) is 18.3. The van der Waals surface area contributed by atoms with Crippen LogP contribution in [0.1, 0.15) is 39.2 Å². The van der Waals surface area contributed by atoms with Gasteiger partial charge in [0.05, 0.1) is 31.3 Å². The van der Waals surface area contributed by atoms with Crippen LogP contribution in [-0.4, -0.2) is 44.7 Å². The minimum atomic E-state index is -0.339. The van der Waals surface area contributed by atoms with Crippen molar-refractivity contribution < 1.29 is 19.0 Å². The zero-order valence-corrected chi connectivity index (χ0v) is 16.9. The van der Waals surface area contributed by atoms with E-state index in [1.54, 1.807) is 14.2 Å². The molecule has 1 aromatic carbocycles. The van der Waals surface area contributed by atoms with Gasteiger partial charge in [-0.25, -0.2) is 0 Å². The molecular weight excluding hydrogens is 362 g/mol. The molecule has 1 amide bonds. The molecule has 0 unspecified atom stereocenters. The highest BCUT2D eigenvalue weighted by molar-refractivity contribution is 7.12. The first-order chi connectivity index (χ1) is 13.1. The minimum absolute atomic E-state index is 0.140. The number of aryl methyl sites for hydroxylation is 1. The van der Waals surface area contributed by atoms with Gasteiger partial charge in [-0.15, -0.1) is 11.3 Å². The molecule has 0 saturated carbocycles. The third-order valence-electron chi connectivity index (χ3n) is 5.76. The van der Waals surface area contributed by atoms with Gasteiger partial charge in [-0.05, 0) is 66.5 Å². The Morgan fingerprint density at radius 2 is 1.89 bits per heavy atom. The van der Waals surface area contributed by atoms with E-state index in [0.29, 0.717) is 19.7 Å². The molecule has 5 nitrogen and oxygen atoms in total. The van der Waals surface area contributed by atoms with Crippen molar-refractivity contribution in [1.29, 1.82) is 0 Å². The Morgan fingerprint density at radius 1 is 1.19 bits per heavy atom. The van der Waals surface area contributed by atoms with Crippen LogP contribution in [0.3, 0.4) is 0 Å². The average molecular weight is 388 g/mol. The van der Waals surface area contributed by atoms with Gasteiger partial charge >= 0.3 is 0 Å². The fourth-order valence-corrected chi connectivity index (χ4v) is 5.10. The molecule has 1 fully saturated rings. The Balaban J connectivity index is 1.59. The summed E-state index contributed by atoms with van der Waals surface area (Å²) in [5.74, 6) is 1.63. The maximum atomic E-state index is 12.8. The lowest BCUT2D eigenvalue weighted by atomic mass is 9.79. The lowest BCUT2D eigenvalue weighted by molar-refractivity contribution is -0.0936. The predicted molar refractivity (Wildman–Crippen MR) is 105 cm³/mol. The third kappa shape index (κ3) is 3.11. The number of fused-ring (bicyclic) bond motifs is 2. The van der Waals surface area contributed by atoms with Gasteiger partial charge in [-0.2, -0.15) is 0 Å². The van der Waals surface area contributed by atoms with Gasteiger partial charge in [0.25, 0.3) is 5.91 Å². The fourth-order valence-electron chi connectivity index (χ4n) is 4.21. The smallest absolute Gasteiger partial charge is 0.264 e. The number of hydrogen-bond acceptors (Lipinski definition) is 5. The van der Waals surface area contributed by atoms with Crippen molar-refractivity contribution in [2.75, 3.05) is 33.9 Å². The van der Waals surface area contributed by atoms with Crippen molar-refractivity contribution >= 4 is 17.2 Å². The van der Waals surface area contributed by atoms with E-state index in [9.17, 15) is 4.79 Å². The monoisotopic (exact) mass is 387 g/mol. The van der Waals surface area contributed by atoms with Crippen LogP contribution in [0.15, 0.2) is 23.6 Å². The van der Waals surface area contributed by atoms with Crippen LogP contribution in [-0.2, 0) is 16.8 Å². The van der Waals surface area contributed by atoms with Gasteiger partial charge in [-0.1, -0.05) is 0 Å². The van der Waals surface area contributed by atoms with E-state index in [4.69, 9.17) is 14.2 Å². The van der Waals surface area contributed by atoms with Crippen molar-refractivity contribution in [3.8, 4) is 11.5 Å². The second kappa shape index (κ2) is 7.17. The summed E-state index contributed by atoms with van der Waals surface area (Å²) in [6, 6.07) is 6.14. The Kier molecular flexibility index (Phi) is 4.86. The van der Waals surface area contributed by atoms with Gasteiger partial charge in [-0.3, -0.25) is 4.79 Å². The molecule has 1 saturated heterocycles. The van der Waals surface area contributed by atoms with Crippen LogP contribution in [0.2, 0.25) is 0 Å². The van der Waals surface area contributed by atoms with E-state index in [2.05, 4.69) is 12.1 Å². The van der Waals surface area contributed by atoms with E-state index in [0.717, 1.165) is 41.2 Å². The largest absolute Gasteiger partial charge is 0.493 e. The summed E-state index contributed by atoms with van der Waals surface area (Å²) >= 11 is 1.52. The molecule has 0 atom stereocenters. The van der Waals surface area contributed by atoms with Crippen molar-refractivity contribution in [3.05, 3.63) is 45.1 Å². The number of hydrogen-bond donors (Lipinski definition) is 0. The number of benzene rings is 1. The Morgan fingerprint density at radius 3 is 2.52 bits per heavy atom. The molecule has 1 spiro atoms. The quantitative estimate of drug-likeness (QED) is 0.804. The summed E-state index contributed by atoms with van der Waals surface area (Å²) < 4.78 is 17.3. The molecule has 144 valence electrons. The molecule has 4 rings (SSSR count). The third-order valence-corrected chi connectivity index (χ3v) is 6.77. The van der Waals surface area contributed by atoms with Gasteiger partial charge in [0, 0.05) is 13.1 Å². The number of thiophene rings is 1. The highest BCUT2D eigenvalue weighted by Gasteiger charge is 2.42. The lowest BCUT2D eigenvalue weighted by Gasteiger charge is -2.45. The number of rotatable bonds is 3. The molecule has 27 heavy (non-hydrogen) atoms. The molecule has 0 N–H and O–H groups in total. The van der Waals surface area contributed by atoms with Crippen LogP contribution in [0.25, 0.3) is 0 Å². The highest BCUT2D eigenvalue weighted by Crippen LogP contribution is 2.45. The molecule has 6 heteroatoms. The van der Waals surface area contributed by atoms with Gasteiger partial charge < -0.3 is 19.1 Å². The summed E-state index contributed by atoms with van der Waals surface area (Å²) in [7, 11) is 3.32. The zero-order chi connectivity index (χ0) is 19.0. The Bertz CT molecular complexity index is 852. The van der Waals surface area contributed by atoms with E-state index < -0.39 is 0 Å². The van der Waals surface area contributed by atoms with Crippen molar-refractivity contribution in [2.24, 2.45) is 0 Å². The highest BCUT2D eigenvalue weighted by atomic mass is 32.1. The first-order valence-electron chi connectivity index (χ1n) is 9.30. The van der Waals surface area contributed by atoms with E-state index in [1.807, 2.05) is 23.3 Å². The molecule has 0 bridgehead atoms. The second-order valence-corrected chi connectivity index (χ2v) is 8.10. The van der Waals surface area contributed by atoms with Crippen LogP contribution >= 0.6 is 11.3 Å². The topological polar surface area (TPSA) is 48.0 Å². The number of ether oxygens (including phenoxy) is 3. The molecular formula is C21H25NO4S. The lowest BCUT2D eigenvalue weighted by Crippen LogP contribution is -2.48. The first kappa shape index (κ1) is 18.3. The maximum Gasteiger partial charge on any atom is 0.264 e. The average Bonchev–Trinajstić information content (AvgIpc) is 3.13. The van der Waals surface area contributed by atoms with Crippen molar-refractivity contribution in [3.63, 3.8) is 0 Å². The van der Waals surface area contributed by atoms with Crippen molar-refractivity contribution in [2.45, 2.75) is 31.8 Å². The van der Waals surface area contributed by atoms with Gasteiger partial charge in [0.1, 0.15) is 0 Å². The molecule has 3 heterocycles. The SMILES string of the molecule is COc1cc2c(cc1OC)C1(CCN(C(=O)c3sccc3C)CC1)OCC2. The van der Waals surface area contributed by atoms with Crippen LogP contribution in [0, 0.1) is 6.92 Å². The fraction of sp³-hybridized carbons (Fsp3) is 0.476. The number of piperidine rings is 1. The number of amides is 1. The zero-order valence-electron chi connectivity index (χ0n) is 16.0. The van der Waals surface area contributed by atoms with E-state index in [1.165, 1.54) is 22.5 Å². The summed E-state index contributed by atoms with van der Waals surface area (Å²) in [6.07, 6.45) is 2.46. The number of likely N-dealkylation sites (tertiary alicyclic amines) is 1. The summed E-state index contributed by atoms with van der Waals surface area (Å²) in [4.78, 5) is 15.7. The van der Waals surface area contributed by atoms with Gasteiger partial charge in [0.15, 0.2) is 11.5 Å². The second-order valence-electron chi connectivity index (χ2n) is 7.18. The number of methoxy groups -OCH3 is 2. The van der Waals surface area contributed by atoms with Crippen LogP contribution in [0.4, 0.5) is 0 Å². The van der Waals surface area contributed by atoms with Crippen LogP contribution in [0.5, 0.6) is 11.5 Å². The Labute approximate surface area is 163 Å². The first-order valence-corrected chi connectivity index (χ1v) is 10.2. The molecule has 2 aliphatic heterocycles. The summed E-state index contributed by atoms with van der Waals surface area (Å²) in [5, 5.41) is 1.98. The van der Waals surface area contributed by atoms with Crippen molar-refractivity contribution in [1.82, 2.24) is 4.90 Å². The molecule has 2 aliphatic rings. The van der Waals surface area contributed by atoms with Gasteiger partial charge in [0.2, 0.25) is 0 Å². The molecule has 1 aromatic heterocycles. The van der Waals surface area contributed by atoms with Crippen LogP contribution < -0.4 is 9.47 Å². The molecule has 0 radical (unpaired) electrons. The Hall–Kier alpha value is -2.05. The maximum absolute atomic E-state index is 12.8. The minimum Gasteiger partial charge on any atom is -0.493 e. The molecule has 0 aliphatic carbocycles.